The summed E-state index contributed by atoms with van der Waals surface area (Å²) in [4.78, 5) is 0. The monoisotopic (exact) mass is 242 g/mol. The molecule has 0 amide bonds. The van der Waals surface area contributed by atoms with Crippen LogP contribution < -0.4 is 0 Å². The van der Waals surface area contributed by atoms with Crippen LogP contribution in [0.4, 0.5) is 0 Å². The Balaban J connectivity index is 1.94. The molecule has 2 aliphatic rings. The molecule has 0 heterocycles. The van der Waals surface area contributed by atoms with Gasteiger partial charge in [0.25, 0.3) is 0 Å². The van der Waals surface area contributed by atoms with Crippen LogP contribution in [0, 0.1) is 10.8 Å². The molecule has 0 bridgehead atoms. The van der Waals surface area contributed by atoms with Gasteiger partial charge in [0.2, 0.25) is 0 Å². The molecule has 1 aromatic rings. The normalized spacial score (nSPS) is 24.8. The van der Waals surface area contributed by atoms with Crippen LogP contribution >= 0.6 is 0 Å². The highest BCUT2D eigenvalue weighted by Crippen LogP contribution is 2.57. The summed E-state index contributed by atoms with van der Waals surface area (Å²) in [5.74, 6) is 0. The van der Waals surface area contributed by atoms with E-state index in [1.807, 2.05) is 0 Å². The van der Waals surface area contributed by atoms with Crippen LogP contribution in [0.2, 0.25) is 0 Å². The maximum Gasteiger partial charge on any atom is -0.0165 e. The van der Waals surface area contributed by atoms with Crippen molar-refractivity contribution in [2.75, 3.05) is 0 Å². The SMILES string of the molecule is CCC1(C2(C)CCCCC2)Cc2ccccc2C1. The second-order valence-electron chi connectivity index (χ2n) is 6.88. The summed E-state index contributed by atoms with van der Waals surface area (Å²) < 4.78 is 0. The minimum absolute atomic E-state index is 0.553. The molecule has 0 radical (unpaired) electrons. The Morgan fingerprint density at radius 2 is 1.50 bits per heavy atom. The highest BCUT2D eigenvalue weighted by Gasteiger charge is 2.49. The first kappa shape index (κ1) is 12.3. The van der Waals surface area contributed by atoms with Gasteiger partial charge in [0.15, 0.2) is 0 Å². The van der Waals surface area contributed by atoms with Crippen LogP contribution in [-0.4, -0.2) is 0 Å². The molecule has 0 nitrogen and oxygen atoms in total. The van der Waals surface area contributed by atoms with E-state index in [4.69, 9.17) is 0 Å². The molecular formula is C18H26. The zero-order valence-corrected chi connectivity index (χ0v) is 12.0. The van der Waals surface area contributed by atoms with E-state index in [2.05, 4.69) is 38.1 Å². The Morgan fingerprint density at radius 1 is 0.944 bits per heavy atom. The summed E-state index contributed by atoms with van der Waals surface area (Å²) in [6.07, 6.45) is 11.3. The van der Waals surface area contributed by atoms with Crippen LogP contribution in [0.15, 0.2) is 24.3 Å². The lowest BCUT2D eigenvalue weighted by atomic mass is 9.55. The average Bonchev–Trinajstić information content (AvgIpc) is 2.80. The van der Waals surface area contributed by atoms with E-state index in [0.717, 1.165) is 0 Å². The van der Waals surface area contributed by atoms with Crippen LogP contribution in [-0.2, 0) is 12.8 Å². The molecule has 18 heavy (non-hydrogen) atoms. The third-order valence-corrected chi connectivity index (χ3v) is 6.09. The summed E-state index contributed by atoms with van der Waals surface area (Å²) in [5, 5.41) is 0. The van der Waals surface area contributed by atoms with E-state index in [1.54, 1.807) is 11.1 Å². The molecule has 0 saturated heterocycles. The van der Waals surface area contributed by atoms with Gasteiger partial charge in [-0.25, -0.2) is 0 Å². The maximum absolute atomic E-state index is 2.58. The molecule has 0 aromatic heterocycles. The number of fused-ring (bicyclic) bond motifs is 1. The molecule has 1 saturated carbocycles. The lowest BCUT2D eigenvalue weighted by molar-refractivity contribution is 0.0165. The zero-order chi connectivity index (χ0) is 12.6. The van der Waals surface area contributed by atoms with Crippen molar-refractivity contribution in [1.29, 1.82) is 0 Å². The van der Waals surface area contributed by atoms with Crippen molar-refractivity contribution in [2.45, 2.75) is 65.2 Å². The summed E-state index contributed by atoms with van der Waals surface area (Å²) in [7, 11) is 0. The number of rotatable bonds is 2. The van der Waals surface area contributed by atoms with Crippen LogP contribution in [0.1, 0.15) is 63.5 Å². The van der Waals surface area contributed by atoms with Gasteiger partial charge in [0.1, 0.15) is 0 Å². The molecule has 0 aliphatic heterocycles. The molecule has 0 spiro atoms. The first-order chi connectivity index (χ1) is 8.69. The quantitative estimate of drug-likeness (QED) is 0.672. The van der Waals surface area contributed by atoms with E-state index in [0.29, 0.717) is 10.8 Å². The Hall–Kier alpha value is -0.780. The molecular weight excluding hydrogens is 216 g/mol. The largest absolute Gasteiger partial charge is 0.0648 e. The second kappa shape index (κ2) is 4.40. The van der Waals surface area contributed by atoms with Crippen molar-refractivity contribution in [1.82, 2.24) is 0 Å². The van der Waals surface area contributed by atoms with Crippen molar-refractivity contribution in [2.24, 2.45) is 10.8 Å². The minimum atomic E-state index is 0.553. The van der Waals surface area contributed by atoms with Crippen LogP contribution in [0.3, 0.4) is 0 Å². The van der Waals surface area contributed by atoms with Gasteiger partial charge < -0.3 is 0 Å². The van der Waals surface area contributed by atoms with Gasteiger partial charge in [-0.05, 0) is 54.1 Å². The van der Waals surface area contributed by atoms with Gasteiger partial charge >= 0.3 is 0 Å². The van der Waals surface area contributed by atoms with Crippen molar-refractivity contribution in [3.8, 4) is 0 Å². The summed E-state index contributed by atoms with van der Waals surface area (Å²) >= 11 is 0. The molecule has 0 heteroatoms. The van der Waals surface area contributed by atoms with Gasteiger partial charge in [-0.2, -0.15) is 0 Å². The van der Waals surface area contributed by atoms with Crippen molar-refractivity contribution in [3.63, 3.8) is 0 Å². The van der Waals surface area contributed by atoms with Crippen molar-refractivity contribution >= 4 is 0 Å². The summed E-state index contributed by atoms with van der Waals surface area (Å²) in [6.45, 7) is 5.01. The number of hydrogen-bond donors (Lipinski definition) is 0. The molecule has 0 atom stereocenters. The predicted octanol–water partition coefficient (Wildman–Crippen LogP) is 5.15. The van der Waals surface area contributed by atoms with Crippen LogP contribution in [0.25, 0.3) is 0 Å². The molecule has 3 rings (SSSR count). The third-order valence-electron chi connectivity index (χ3n) is 6.09. The predicted molar refractivity (Wildman–Crippen MR) is 77.8 cm³/mol. The lowest BCUT2D eigenvalue weighted by Crippen LogP contribution is -2.41. The maximum atomic E-state index is 2.58. The van der Waals surface area contributed by atoms with E-state index in [1.165, 1.54) is 51.4 Å². The minimum Gasteiger partial charge on any atom is -0.0648 e. The average molecular weight is 242 g/mol. The molecule has 1 aromatic carbocycles. The lowest BCUT2D eigenvalue weighted by Gasteiger charge is -2.49. The smallest absolute Gasteiger partial charge is 0.0165 e. The molecule has 2 aliphatic carbocycles. The highest BCUT2D eigenvalue weighted by atomic mass is 14.5. The second-order valence-corrected chi connectivity index (χ2v) is 6.88. The first-order valence-corrected chi connectivity index (χ1v) is 7.76. The van der Waals surface area contributed by atoms with E-state index < -0.39 is 0 Å². The Labute approximate surface area is 112 Å². The third kappa shape index (κ3) is 1.73. The number of hydrogen-bond acceptors (Lipinski definition) is 0. The van der Waals surface area contributed by atoms with Crippen LogP contribution in [0.5, 0.6) is 0 Å². The van der Waals surface area contributed by atoms with Gasteiger partial charge in [-0.1, -0.05) is 57.4 Å². The van der Waals surface area contributed by atoms with E-state index in [9.17, 15) is 0 Å². The zero-order valence-electron chi connectivity index (χ0n) is 12.0. The molecule has 0 N–H and O–H groups in total. The van der Waals surface area contributed by atoms with Crippen molar-refractivity contribution in [3.05, 3.63) is 35.4 Å². The summed E-state index contributed by atoms with van der Waals surface area (Å²) in [6, 6.07) is 9.15. The Bertz CT molecular complexity index is 398. The van der Waals surface area contributed by atoms with Gasteiger partial charge in [-0.3, -0.25) is 0 Å². The van der Waals surface area contributed by atoms with E-state index >= 15 is 0 Å². The molecule has 1 fully saturated rings. The Morgan fingerprint density at radius 3 is 2.00 bits per heavy atom. The summed E-state index contributed by atoms with van der Waals surface area (Å²) in [5.41, 5.74) is 4.40. The topological polar surface area (TPSA) is 0 Å². The molecule has 98 valence electrons. The van der Waals surface area contributed by atoms with Gasteiger partial charge in [0.05, 0.1) is 0 Å². The Kier molecular flexibility index (Phi) is 3.00. The van der Waals surface area contributed by atoms with Crippen molar-refractivity contribution < 1.29 is 0 Å². The van der Waals surface area contributed by atoms with Gasteiger partial charge in [-0.15, -0.1) is 0 Å². The first-order valence-electron chi connectivity index (χ1n) is 7.76. The fourth-order valence-electron chi connectivity index (χ4n) is 4.66. The standard InChI is InChI=1S/C18H26/c1-3-18(17(2)11-7-4-8-12-17)13-15-9-5-6-10-16(15)14-18/h5-6,9-10H,3-4,7-8,11-14H2,1-2H3. The molecule has 0 unspecified atom stereocenters. The van der Waals surface area contributed by atoms with Gasteiger partial charge in [0, 0.05) is 0 Å². The fourth-order valence-corrected chi connectivity index (χ4v) is 4.66. The fraction of sp³-hybridized carbons (Fsp3) is 0.667. The number of benzene rings is 1. The highest BCUT2D eigenvalue weighted by molar-refractivity contribution is 5.35. The van der Waals surface area contributed by atoms with E-state index in [-0.39, 0.29) is 0 Å².